The first kappa shape index (κ1) is 18.2. The number of aromatic hydroxyl groups is 1. The van der Waals surface area contributed by atoms with E-state index in [0.29, 0.717) is 17.2 Å². The highest BCUT2D eigenvalue weighted by atomic mass is 32.1. The van der Waals surface area contributed by atoms with Gasteiger partial charge < -0.3 is 14.6 Å². The Bertz CT molecular complexity index is 1120. The molecule has 9 nitrogen and oxygen atoms in total. The van der Waals surface area contributed by atoms with Crippen LogP contribution < -0.4 is 15.0 Å². The number of fused-ring (bicyclic) bond motifs is 1. The molecule has 0 fully saturated rings. The molecule has 2 N–H and O–H groups in total. The van der Waals surface area contributed by atoms with Gasteiger partial charge in [0.2, 0.25) is 18.6 Å². The number of ether oxygens (including phenoxy) is 2. The van der Waals surface area contributed by atoms with E-state index in [4.69, 9.17) is 21.7 Å². The molecular weight excluding hydrogens is 384 g/mol. The van der Waals surface area contributed by atoms with Crippen molar-refractivity contribution < 1.29 is 19.4 Å². The Hall–Kier alpha value is -3.14. The van der Waals surface area contributed by atoms with Crippen molar-refractivity contribution in [3.05, 3.63) is 44.5 Å². The predicted octanol–water partition coefficient (Wildman–Crippen LogP) is 1.96. The Morgan fingerprint density at radius 2 is 2.14 bits per heavy atom. The average molecular weight is 402 g/mol. The summed E-state index contributed by atoms with van der Waals surface area (Å²) in [6.45, 7) is 1.89. The lowest BCUT2D eigenvalue weighted by Crippen LogP contribution is -2.26. The van der Waals surface area contributed by atoms with Gasteiger partial charge in [-0.25, -0.2) is 5.01 Å². The first-order valence-corrected chi connectivity index (χ1v) is 9.13. The van der Waals surface area contributed by atoms with E-state index < -0.39 is 11.6 Å². The van der Waals surface area contributed by atoms with E-state index in [1.165, 1.54) is 16.6 Å². The first-order valence-electron chi connectivity index (χ1n) is 8.72. The Morgan fingerprint density at radius 3 is 2.89 bits per heavy atom. The molecule has 4 rings (SSSR count). The monoisotopic (exact) mass is 402 g/mol. The molecule has 1 aromatic carbocycles. The number of nitrogens with one attached hydrogen (secondary N) is 1. The molecule has 0 spiro atoms. The van der Waals surface area contributed by atoms with E-state index in [1.54, 1.807) is 19.1 Å². The molecule has 28 heavy (non-hydrogen) atoms. The van der Waals surface area contributed by atoms with Gasteiger partial charge in [0.05, 0.1) is 11.8 Å². The SMILES string of the molecule is CCC(=O)N1N=C(c2c(O)n(C)c(=S)[nH]c2=O)C[C@H]1c1ccc2c(c1)OCO2. The van der Waals surface area contributed by atoms with Crippen LogP contribution in [0.1, 0.15) is 36.9 Å². The minimum atomic E-state index is -0.547. The van der Waals surface area contributed by atoms with Crippen LogP contribution in [0.5, 0.6) is 17.4 Å². The molecule has 0 unspecified atom stereocenters. The van der Waals surface area contributed by atoms with E-state index in [-0.39, 0.29) is 41.8 Å². The number of hydrogen-bond acceptors (Lipinski definition) is 7. The maximum absolute atomic E-state index is 12.5. The standard InChI is InChI=1S/C18H18N4O5S/c1-3-14(23)22-11(9-4-5-12-13(6-9)27-8-26-12)7-10(20-22)15-16(24)19-18(28)21(2)17(15)25/h4-6,11,25H,3,7-8H2,1-2H3,(H,19,24,28)/t11-/m0/s1. The van der Waals surface area contributed by atoms with Gasteiger partial charge >= 0.3 is 0 Å². The van der Waals surface area contributed by atoms with Crippen LogP contribution in [0.15, 0.2) is 28.1 Å². The van der Waals surface area contributed by atoms with Crippen LogP contribution in [0.4, 0.5) is 0 Å². The van der Waals surface area contributed by atoms with Gasteiger partial charge in [-0.1, -0.05) is 13.0 Å². The van der Waals surface area contributed by atoms with Crippen molar-refractivity contribution in [3.8, 4) is 17.4 Å². The number of aromatic amines is 1. The maximum Gasteiger partial charge on any atom is 0.264 e. The molecule has 146 valence electrons. The minimum Gasteiger partial charge on any atom is -0.494 e. The third-order valence-corrected chi connectivity index (χ3v) is 5.21. The summed E-state index contributed by atoms with van der Waals surface area (Å²) in [6, 6.07) is 4.99. The number of nitrogens with zero attached hydrogens (tertiary/aromatic N) is 3. The zero-order valence-electron chi connectivity index (χ0n) is 15.3. The van der Waals surface area contributed by atoms with Crippen LogP contribution in [-0.4, -0.2) is 38.1 Å². The first-order chi connectivity index (χ1) is 13.4. The Labute approximate surface area is 164 Å². The molecule has 0 saturated heterocycles. The van der Waals surface area contributed by atoms with Crippen molar-refractivity contribution in [2.75, 3.05) is 6.79 Å². The quantitative estimate of drug-likeness (QED) is 0.760. The summed E-state index contributed by atoms with van der Waals surface area (Å²) >= 11 is 5.01. The van der Waals surface area contributed by atoms with Crippen molar-refractivity contribution in [1.29, 1.82) is 0 Å². The van der Waals surface area contributed by atoms with Gasteiger partial charge in [-0.15, -0.1) is 0 Å². The number of benzene rings is 1. The second kappa shape index (κ2) is 6.79. The number of hydrazone groups is 1. The van der Waals surface area contributed by atoms with Crippen molar-refractivity contribution in [3.63, 3.8) is 0 Å². The minimum absolute atomic E-state index is 0.00764. The Morgan fingerprint density at radius 1 is 1.39 bits per heavy atom. The van der Waals surface area contributed by atoms with E-state index in [2.05, 4.69) is 10.1 Å². The molecule has 10 heteroatoms. The van der Waals surface area contributed by atoms with Crippen molar-refractivity contribution in [2.45, 2.75) is 25.8 Å². The van der Waals surface area contributed by atoms with Gasteiger partial charge in [-0.3, -0.25) is 19.1 Å². The van der Waals surface area contributed by atoms with Crippen LogP contribution in [0, 0.1) is 4.77 Å². The van der Waals surface area contributed by atoms with Gasteiger partial charge in [0.15, 0.2) is 16.3 Å². The highest BCUT2D eigenvalue weighted by Crippen LogP contribution is 2.39. The van der Waals surface area contributed by atoms with Crippen LogP contribution in [0.25, 0.3) is 0 Å². The summed E-state index contributed by atoms with van der Waals surface area (Å²) in [5.74, 6) is 0.747. The van der Waals surface area contributed by atoms with Gasteiger partial charge in [0.1, 0.15) is 5.56 Å². The van der Waals surface area contributed by atoms with Gasteiger partial charge in [-0.05, 0) is 29.9 Å². The predicted molar refractivity (Wildman–Crippen MR) is 102 cm³/mol. The van der Waals surface area contributed by atoms with Crippen molar-refractivity contribution >= 4 is 23.8 Å². The normalized spacial score (nSPS) is 17.7. The molecule has 0 aliphatic carbocycles. The lowest BCUT2D eigenvalue weighted by atomic mass is 9.98. The largest absolute Gasteiger partial charge is 0.494 e. The van der Waals surface area contributed by atoms with E-state index >= 15 is 0 Å². The van der Waals surface area contributed by atoms with E-state index in [9.17, 15) is 14.7 Å². The number of aromatic nitrogens is 2. The fourth-order valence-corrected chi connectivity index (χ4v) is 3.48. The number of rotatable bonds is 3. The van der Waals surface area contributed by atoms with E-state index in [1.807, 2.05) is 6.07 Å². The van der Waals surface area contributed by atoms with Crippen molar-refractivity contribution in [1.82, 2.24) is 14.6 Å². The second-order valence-corrected chi connectivity index (χ2v) is 6.87. The summed E-state index contributed by atoms with van der Waals surface area (Å²) in [5.41, 5.74) is 0.571. The van der Waals surface area contributed by atoms with Crippen LogP contribution >= 0.6 is 12.2 Å². The number of carbonyl (C=O) groups excluding carboxylic acids is 1. The van der Waals surface area contributed by atoms with Gasteiger partial charge in [0, 0.05) is 19.9 Å². The molecule has 1 aromatic heterocycles. The fourth-order valence-electron chi connectivity index (χ4n) is 3.30. The third-order valence-electron chi connectivity index (χ3n) is 4.83. The summed E-state index contributed by atoms with van der Waals surface area (Å²) in [5, 5.41) is 16.2. The van der Waals surface area contributed by atoms with E-state index in [0.717, 1.165) is 5.56 Å². The highest BCUT2D eigenvalue weighted by molar-refractivity contribution is 7.71. The molecule has 2 aromatic rings. The molecule has 0 saturated carbocycles. The Balaban J connectivity index is 1.78. The number of amides is 1. The summed E-state index contributed by atoms with van der Waals surface area (Å²) < 4.78 is 12.1. The zero-order valence-corrected chi connectivity index (χ0v) is 16.1. The maximum atomic E-state index is 12.5. The smallest absolute Gasteiger partial charge is 0.264 e. The molecule has 1 atom stereocenters. The fraction of sp³-hybridized carbons (Fsp3) is 0.333. The number of carbonyl (C=O) groups is 1. The molecule has 0 bridgehead atoms. The van der Waals surface area contributed by atoms with Crippen LogP contribution in [0.3, 0.4) is 0 Å². The third kappa shape index (κ3) is 2.85. The average Bonchev–Trinajstić information content (AvgIpc) is 3.32. The molecule has 2 aliphatic rings. The molecule has 0 radical (unpaired) electrons. The Kier molecular flexibility index (Phi) is 4.42. The molecule has 3 heterocycles. The molecule has 2 aliphatic heterocycles. The molecule has 1 amide bonds. The number of H-pyrrole nitrogens is 1. The second-order valence-electron chi connectivity index (χ2n) is 6.49. The molecular formula is C18H18N4O5S. The summed E-state index contributed by atoms with van der Waals surface area (Å²) in [6.07, 6.45) is 0.512. The lowest BCUT2D eigenvalue weighted by Gasteiger charge is -2.21. The highest BCUT2D eigenvalue weighted by Gasteiger charge is 2.35. The zero-order chi connectivity index (χ0) is 20.0. The topological polar surface area (TPSA) is 109 Å². The van der Waals surface area contributed by atoms with Crippen molar-refractivity contribution in [2.24, 2.45) is 12.1 Å². The van der Waals surface area contributed by atoms with Crippen LogP contribution in [0.2, 0.25) is 0 Å². The summed E-state index contributed by atoms with van der Waals surface area (Å²) in [4.78, 5) is 27.4. The van der Waals surface area contributed by atoms with Crippen LogP contribution in [-0.2, 0) is 11.8 Å². The number of hydrogen-bond donors (Lipinski definition) is 2. The van der Waals surface area contributed by atoms with Gasteiger partial charge in [-0.2, -0.15) is 5.10 Å². The summed E-state index contributed by atoms with van der Waals surface area (Å²) in [7, 11) is 1.54. The van der Waals surface area contributed by atoms with Gasteiger partial charge in [0.25, 0.3) is 5.56 Å². The lowest BCUT2D eigenvalue weighted by molar-refractivity contribution is -0.132.